The van der Waals surface area contributed by atoms with Crippen molar-refractivity contribution in [2.45, 2.75) is 0 Å². The molecule has 1 aliphatic heterocycles. The monoisotopic (exact) mass is 388 g/mol. The lowest BCUT2D eigenvalue weighted by Crippen LogP contribution is -2.46. The molecule has 0 radical (unpaired) electrons. The number of anilines is 1. The molecule has 4 aromatic rings. The number of nitrogens with one attached hydrogen (secondary N) is 3. The van der Waals surface area contributed by atoms with Crippen LogP contribution in [0, 0.1) is 0 Å². The summed E-state index contributed by atoms with van der Waals surface area (Å²) in [5.74, 6) is 0.372. The van der Waals surface area contributed by atoms with Gasteiger partial charge in [0.2, 0.25) is 0 Å². The molecule has 2 aromatic carbocycles. The molecular weight excluding hydrogens is 368 g/mol. The second-order valence-corrected chi connectivity index (χ2v) is 7.15. The summed E-state index contributed by atoms with van der Waals surface area (Å²) < 4.78 is 0. The summed E-state index contributed by atoms with van der Waals surface area (Å²) in [4.78, 5) is 37.8. The highest BCUT2D eigenvalue weighted by Crippen LogP contribution is 2.28. The minimum Gasteiger partial charge on any atom is -0.397 e. The molecule has 146 valence electrons. The number of hydrogen-bond donors (Lipinski definition) is 4. The van der Waals surface area contributed by atoms with E-state index in [4.69, 9.17) is 5.73 Å². The van der Waals surface area contributed by atoms with Crippen LogP contribution in [0.1, 0.15) is 10.4 Å². The first-order valence-corrected chi connectivity index (χ1v) is 9.52. The fourth-order valence-electron chi connectivity index (χ4n) is 3.81. The van der Waals surface area contributed by atoms with E-state index in [-0.39, 0.29) is 11.5 Å². The number of aromatic amines is 2. The second kappa shape index (κ2) is 6.75. The Morgan fingerprint density at radius 3 is 2.66 bits per heavy atom. The number of piperazine rings is 1. The molecule has 5 rings (SSSR count). The lowest BCUT2D eigenvalue weighted by atomic mass is 10.1. The van der Waals surface area contributed by atoms with Crippen LogP contribution < -0.4 is 16.6 Å². The first-order valence-electron chi connectivity index (χ1n) is 9.52. The number of H-pyrrole nitrogens is 2. The van der Waals surface area contributed by atoms with E-state index in [1.54, 1.807) is 12.1 Å². The number of nitrogens with two attached hydrogens (primary N) is 1. The number of nitrogen functional groups attached to an aromatic ring is 1. The number of carbonyl (C=O) groups is 1. The smallest absolute Gasteiger partial charge is 0.261 e. The van der Waals surface area contributed by atoms with Crippen LogP contribution in [-0.2, 0) is 0 Å². The summed E-state index contributed by atoms with van der Waals surface area (Å²) in [6, 6.07) is 12.7. The Balaban J connectivity index is 1.58. The Hall–Kier alpha value is -3.65. The molecule has 3 heterocycles. The standard InChI is InChI=1S/C21H20N6O2/c22-18-13-3-1-2-4-14(13)26-20(28)17(18)19-24-15-6-5-12(11-16(15)25-19)21(29)27-9-7-23-8-10-27/h1-6,11,23H,7-10H2,(H,24,25)(H3,22,26,28). The van der Waals surface area contributed by atoms with Crippen molar-refractivity contribution < 1.29 is 4.79 Å². The normalized spacial score (nSPS) is 14.6. The van der Waals surface area contributed by atoms with E-state index < -0.39 is 0 Å². The molecule has 1 saturated heterocycles. The number of imidazole rings is 1. The van der Waals surface area contributed by atoms with Crippen LogP contribution >= 0.6 is 0 Å². The second-order valence-electron chi connectivity index (χ2n) is 7.15. The number of hydrogen-bond acceptors (Lipinski definition) is 5. The fraction of sp³-hybridized carbons (Fsp3) is 0.190. The minimum atomic E-state index is -0.308. The first-order chi connectivity index (χ1) is 14.1. The van der Waals surface area contributed by atoms with Crippen molar-refractivity contribution in [1.82, 2.24) is 25.2 Å². The fourth-order valence-corrected chi connectivity index (χ4v) is 3.81. The van der Waals surface area contributed by atoms with Crippen LogP contribution in [0.3, 0.4) is 0 Å². The largest absolute Gasteiger partial charge is 0.397 e. The zero-order chi connectivity index (χ0) is 20.0. The third kappa shape index (κ3) is 2.94. The molecule has 2 aromatic heterocycles. The minimum absolute atomic E-state index is 0.0129. The highest BCUT2D eigenvalue weighted by Gasteiger charge is 2.20. The zero-order valence-corrected chi connectivity index (χ0v) is 15.7. The van der Waals surface area contributed by atoms with Gasteiger partial charge in [0, 0.05) is 37.1 Å². The molecule has 29 heavy (non-hydrogen) atoms. The van der Waals surface area contributed by atoms with Gasteiger partial charge in [0.25, 0.3) is 11.5 Å². The van der Waals surface area contributed by atoms with Crippen LogP contribution in [0.2, 0.25) is 0 Å². The van der Waals surface area contributed by atoms with Gasteiger partial charge < -0.3 is 25.9 Å². The molecule has 0 unspecified atom stereocenters. The maximum atomic E-state index is 12.8. The molecule has 1 fully saturated rings. The van der Waals surface area contributed by atoms with E-state index in [9.17, 15) is 9.59 Å². The summed E-state index contributed by atoms with van der Waals surface area (Å²) in [6.45, 7) is 2.96. The summed E-state index contributed by atoms with van der Waals surface area (Å²) >= 11 is 0. The van der Waals surface area contributed by atoms with E-state index in [0.717, 1.165) is 24.0 Å². The number of aromatic nitrogens is 3. The van der Waals surface area contributed by atoms with Gasteiger partial charge in [-0.05, 0) is 24.3 Å². The lowest BCUT2D eigenvalue weighted by molar-refractivity contribution is 0.0736. The van der Waals surface area contributed by atoms with E-state index >= 15 is 0 Å². The number of nitrogens with zero attached hydrogens (tertiary/aromatic N) is 2. The third-order valence-electron chi connectivity index (χ3n) is 5.33. The summed E-state index contributed by atoms with van der Waals surface area (Å²) in [6.07, 6.45) is 0. The van der Waals surface area contributed by atoms with Gasteiger partial charge in [0.1, 0.15) is 11.4 Å². The SMILES string of the molecule is Nc1c(-c2nc3cc(C(=O)N4CCNCC4)ccc3[nH]2)c(=O)[nH]c2ccccc12. The maximum Gasteiger partial charge on any atom is 0.261 e. The average Bonchev–Trinajstić information content (AvgIpc) is 3.16. The number of pyridine rings is 1. The van der Waals surface area contributed by atoms with Gasteiger partial charge >= 0.3 is 0 Å². The highest BCUT2D eigenvalue weighted by atomic mass is 16.2. The molecule has 0 saturated carbocycles. The number of para-hydroxylation sites is 1. The van der Waals surface area contributed by atoms with Crippen molar-refractivity contribution in [2.24, 2.45) is 0 Å². The summed E-state index contributed by atoms with van der Waals surface area (Å²) in [5, 5.41) is 4.00. The molecule has 1 aliphatic rings. The van der Waals surface area contributed by atoms with Crippen molar-refractivity contribution in [3.05, 3.63) is 58.4 Å². The molecule has 0 atom stereocenters. The van der Waals surface area contributed by atoms with E-state index in [0.29, 0.717) is 46.8 Å². The summed E-state index contributed by atoms with van der Waals surface area (Å²) in [5.41, 5.74) is 9.29. The number of rotatable bonds is 2. The quantitative estimate of drug-likeness (QED) is 0.417. The molecule has 8 heteroatoms. The summed E-state index contributed by atoms with van der Waals surface area (Å²) in [7, 11) is 0. The molecule has 5 N–H and O–H groups in total. The van der Waals surface area contributed by atoms with Crippen molar-refractivity contribution in [1.29, 1.82) is 0 Å². The zero-order valence-electron chi connectivity index (χ0n) is 15.7. The van der Waals surface area contributed by atoms with Gasteiger partial charge in [0.15, 0.2) is 0 Å². The Kier molecular flexibility index (Phi) is 4.06. The number of carbonyl (C=O) groups excluding carboxylic acids is 1. The van der Waals surface area contributed by atoms with Gasteiger partial charge in [-0.25, -0.2) is 4.98 Å². The number of fused-ring (bicyclic) bond motifs is 2. The Morgan fingerprint density at radius 2 is 1.83 bits per heavy atom. The average molecular weight is 388 g/mol. The highest BCUT2D eigenvalue weighted by molar-refractivity contribution is 5.99. The van der Waals surface area contributed by atoms with Crippen LogP contribution in [0.5, 0.6) is 0 Å². The van der Waals surface area contributed by atoms with Crippen LogP contribution in [0.25, 0.3) is 33.3 Å². The van der Waals surface area contributed by atoms with Crippen LogP contribution in [-0.4, -0.2) is 51.9 Å². The van der Waals surface area contributed by atoms with Gasteiger partial charge in [-0.3, -0.25) is 9.59 Å². The van der Waals surface area contributed by atoms with Gasteiger partial charge in [-0.2, -0.15) is 0 Å². The Labute approximate surface area is 165 Å². The molecule has 1 amide bonds. The van der Waals surface area contributed by atoms with Crippen molar-refractivity contribution in [3.8, 4) is 11.4 Å². The maximum absolute atomic E-state index is 12.8. The van der Waals surface area contributed by atoms with Crippen LogP contribution in [0.15, 0.2) is 47.3 Å². The van der Waals surface area contributed by atoms with Crippen LogP contribution in [0.4, 0.5) is 5.69 Å². The van der Waals surface area contributed by atoms with Crippen molar-refractivity contribution >= 4 is 33.5 Å². The Bertz CT molecular complexity index is 1300. The predicted molar refractivity (Wildman–Crippen MR) is 113 cm³/mol. The topological polar surface area (TPSA) is 120 Å². The Morgan fingerprint density at radius 1 is 1.03 bits per heavy atom. The molecule has 8 nitrogen and oxygen atoms in total. The predicted octanol–water partition coefficient (Wildman–Crippen LogP) is 1.70. The number of amides is 1. The molecule has 0 bridgehead atoms. The van der Waals surface area contributed by atoms with Gasteiger partial charge in [0.05, 0.1) is 22.2 Å². The van der Waals surface area contributed by atoms with E-state index in [2.05, 4.69) is 20.3 Å². The first kappa shape index (κ1) is 17.4. The van der Waals surface area contributed by atoms with E-state index in [1.165, 1.54) is 0 Å². The van der Waals surface area contributed by atoms with E-state index in [1.807, 2.05) is 35.2 Å². The molecular formula is C21H20N6O2. The molecule has 0 aliphatic carbocycles. The van der Waals surface area contributed by atoms with Gasteiger partial charge in [-0.15, -0.1) is 0 Å². The van der Waals surface area contributed by atoms with Gasteiger partial charge in [-0.1, -0.05) is 18.2 Å². The molecule has 0 spiro atoms. The third-order valence-corrected chi connectivity index (χ3v) is 5.33. The lowest BCUT2D eigenvalue weighted by Gasteiger charge is -2.27. The van der Waals surface area contributed by atoms with Crippen molar-refractivity contribution in [2.75, 3.05) is 31.9 Å². The van der Waals surface area contributed by atoms with Crippen molar-refractivity contribution in [3.63, 3.8) is 0 Å². The number of benzene rings is 2.